The standard InChI is InChI=1S/C16H17ClFNO/c1-19-10-15(20)16(11-5-7-14(18)8-6-11)12-3-2-4-13(17)9-12/h2-9,15-16,19-20H,10H2,1H3. The summed E-state index contributed by atoms with van der Waals surface area (Å²) in [6.07, 6.45) is -0.621. The Morgan fingerprint density at radius 1 is 1.15 bits per heavy atom. The Labute approximate surface area is 123 Å². The van der Waals surface area contributed by atoms with Gasteiger partial charge in [-0.2, -0.15) is 0 Å². The fraction of sp³-hybridized carbons (Fsp3) is 0.250. The van der Waals surface area contributed by atoms with Crippen molar-refractivity contribution in [1.29, 1.82) is 0 Å². The quantitative estimate of drug-likeness (QED) is 0.887. The summed E-state index contributed by atoms with van der Waals surface area (Å²) >= 11 is 6.03. The van der Waals surface area contributed by atoms with Crippen molar-refractivity contribution in [3.8, 4) is 0 Å². The first kappa shape index (κ1) is 15.0. The minimum absolute atomic E-state index is 0.248. The molecule has 0 amide bonds. The molecular formula is C16H17ClFNO. The first-order valence-electron chi connectivity index (χ1n) is 6.45. The highest BCUT2D eigenvalue weighted by Gasteiger charge is 2.22. The van der Waals surface area contributed by atoms with Crippen LogP contribution in [0.2, 0.25) is 5.02 Å². The topological polar surface area (TPSA) is 32.3 Å². The fourth-order valence-electron chi connectivity index (χ4n) is 2.33. The summed E-state index contributed by atoms with van der Waals surface area (Å²) in [5.41, 5.74) is 1.77. The van der Waals surface area contributed by atoms with E-state index in [2.05, 4.69) is 5.32 Å². The normalized spacial score (nSPS) is 14.0. The molecule has 0 aliphatic carbocycles. The maximum Gasteiger partial charge on any atom is 0.123 e. The van der Waals surface area contributed by atoms with E-state index in [1.807, 2.05) is 18.2 Å². The van der Waals surface area contributed by atoms with E-state index in [4.69, 9.17) is 11.6 Å². The summed E-state index contributed by atoms with van der Waals surface area (Å²) in [7, 11) is 1.78. The van der Waals surface area contributed by atoms with Crippen molar-refractivity contribution >= 4 is 11.6 Å². The number of nitrogens with one attached hydrogen (secondary N) is 1. The molecule has 2 aromatic carbocycles. The Bertz CT molecular complexity index is 559. The van der Waals surface area contributed by atoms with Gasteiger partial charge < -0.3 is 10.4 Å². The Balaban J connectivity index is 2.41. The summed E-state index contributed by atoms with van der Waals surface area (Å²) in [6, 6.07) is 13.6. The first-order valence-corrected chi connectivity index (χ1v) is 6.83. The van der Waals surface area contributed by atoms with Crippen molar-refractivity contribution in [2.45, 2.75) is 12.0 Å². The number of aliphatic hydroxyl groups is 1. The number of hydrogen-bond donors (Lipinski definition) is 2. The molecule has 2 N–H and O–H groups in total. The molecule has 0 fully saturated rings. The van der Waals surface area contributed by atoms with Crippen LogP contribution in [0, 0.1) is 5.82 Å². The molecule has 0 aliphatic rings. The van der Waals surface area contributed by atoms with Crippen molar-refractivity contribution < 1.29 is 9.50 Å². The lowest BCUT2D eigenvalue weighted by atomic mass is 9.86. The minimum atomic E-state index is -0.621. The molecule has 0 heterocycles. The lowest BCUT2D eigenvalue weighted by molar-refractivity contribution is 0.156. The number of aliphatic hydroxyl groups excluding tert-OH is 1. The maximum absolute atomic E-state index is 13.1. The lowest BCUT2D eigenvalue weighted by Gasteiger charge is -2.24. The van der Waals surface area contributed by atoms with Crippen LogP contribution in [0.3, 0.4) is 0 Å². The third-order valence-corrected chi connectivity index (χ3v) is 3.47. The lowest BCUT2D eigenvalue weighted by Crippen LogP contribution is -2.30. The second kappa shape index (κ2) is 6.84. The van der Waals surface area contributed by atoms with Gasteiger partial charge in [0.05, 0.1) is 6.10 Å². The van der Waals surface area contributed by atoms with Crippen molar-refractivity contribution in [2.75, 3.05) is 13.6 Å². The minimum Gasteiger partial charge on any atom is -0.391 e. The predicted octanol–water partition coefficient (Wildman–Crippen LogP) is 3.19. The van der Waals surface area contributed by atoms with Crippen LogP contribution in [0.25, 0.3) is 0 Å². The van der Waals surface area contributed by atoms with Gasteiger partial charge in [-0.3, -0.25) is 0 Å². The van der Waals surface area contributed by atoms with E-state index in [0.717, 1.165) is 11.1 Å². The highest BCUT2D eigenvalue weighted by atomic mass is 35.5. The molecule has 106 valence electrons. The van der Waals surface area contributed by atoms with E-state index < -0.39 is 6.10 Å². The van der Waals surface area contributed by atoms with E-state index in [9.17, 15) is 9.50 Å². The van der Waals surface area contributed by atoms with Crippen LogP contribution in [-0.4, -0.2) is 24.8 Å². The van der Waals surface area contributed by atoms with Crippen LogP contribution in [0.4, 0.5) is 4.39 Å². The Morgan fingerprint density at radius 2 is 1.85 bits per heavy atom. The van der Waals surface area contributed by atoms with Gasteiger partial charge in [0.1, 0.15) is 5.82 Å². The van der Waals surface area contributed by atoms with Gasteiger partial charge in [-0.1, -0.05) is 35.9 Å². The molecule has 20 heavy (non-hydrogen) atoms. The van der Waals surface area contributed by atoms with Crippen molar-refractivity contribution in [3.63, 3.8) is 0 Å². The zero-order chi connectivity index (χ0) is 14.5. The summed E-state index contributed by atoms with van der Waals surface area (Å²) in [5.74, 6) is -0.538. The molecule has 2 unspecified atom stereocenters. The van der Waals surface area contributed by atoms with Gasteiger partial charge in [0, 0.05) is 17.5 Å². The fourth-order valence-corrected chi connectivity index (χ4v) is 2.53. The van der Waals surface area contributed by atoms with E-state index in [-0.39, 0.29) is 11.7 Å². The maximum atomic E-state index is 13.1. The van der Waals surface area contributed by atoms with Crippen LogP contribution in [0.5, 0.6) is 0 Å². The Kier molecular flexibility index (Phi) is 5.12. The molecule has 0 saturated carbocycles. The molecule has 0 bridgehead atoms. The first-order chi connectivity index (χ1) is 9.61. The molecule has 0 saturated heterocycles. The summed E-state index contributed by atoms with van der Waals surface area (Å²) in [4.78, 5) is 0. The number of likely N-dealkylation sites (N-methyl/N-ethyl adjacent to an activating group) is 1. The second-order valence-corrected chi connectivity index (χ2v) is 5.15. The molecule has 2 aromatic rings. The summed E-state index contributed by atoms with van der Waals surface area (Å²) in [6.45, 7) is 0.439. The summed E-state index contributed by atoms with van der Waals surface area (Å²) < 4.78 is 13.1. The largest absolute Gasteiger partial charge is 0.391 e. The molecule has 0 radical (unpaired) electrons. The van der Waals surface area contributed by atoms with Crippen molar-refractivity contribution in [1.82, 2.24) is 5.32 Å². The van der Waals surface area contributed by atoms with Gasteiger partial charge in [0.25, 0.3) is 0 Å². The van der Waals surface area contributed by atoms with Gasteiger partial charge in [0.2, 0.25) is 0 Å². The zero-order valence-electron chi connectivity index (χ0n) is 11.2. The third kappa shape index (κ3) is 3.57. The highest BCUT2D eigenvalue weighted by molar-refractivity contribution is 6.30. The second-order valence-electron chi connectivity index (χ2n) is 4.71. The van der Waals surface area contributed by atoms with Crippen LogP contribution in [0.1, 0.15) is 17.0 Å². The number of hydrogen-bond acceptors (Lipinski definition) is 2. The molecule has 0 spiro atoms. The monoisotopic (exact) mass is 293 g/mol. The van der Waals surface area contributed by atoms with Crippen molar-refractivity contribution in [3.05, 3.63) is 70.5 Å². The molecule has 2 rings (SSSR count). The van der Waals surface area contributed by atoms with Crippen LogP contribution in [0.15, 0.2) is 48.5 Å². The van der Waals surface area contributed by atoms with Gasteiger partial charge >= 0.3 is 0 Å². The predicted molar refractivity (Wildman–Crippen MR) is 79.6 cm³/mol. The van der Waals surface area contributed by atoms with Crippen LogP contribution < -0.4 is 5.32 Å². The van der Waals surface area contributed by atoms with E-state index in [1.54, 1.807) is 25.2 Å². The van der Waals surface area contributed by atoms with Gasteiger partial charge in [-0.25, -0.2) is 4.39 Å². The van der Waals surface area contributed by atoms with E-state index >= 15 is 0 Å². The van der Waals surface area contributed by atoms with Crippen LogP contribution >= 0.6 is 11.6 Å². The van der Waals surface area contributed by atoms with Gasteiger partial charge in [0.15, 0.2) is 0 Å². The van der Waals surface area contributed by atoms with E-state index in [1.165, 1.54) is 12.1 Å². The SMILES string of the molecule is CNCC(O)C(c1ccc(F)cc1)c1cccc(Cl)c1. The van der Waals surface area contributed by atoms with Gasteiger partial charge in [-0.05, 0) is 42.4 Å². The summed E-state index contributed by atoms with van der Waals surface area (Å²) in [5, 5.41) is 13.9. The zero-order valence-corrected chi connectivity index (χ0v) is 11.9. The number of rotatable bonds is 5. The molecular weight excluding hydrogens is 277 g/mol. The smallest absolute Gasteiger partial charge is 0.123 e. The molecule has 0 aromatic heterocycles. The van der Waals surface area contributed by atoms with E-state index in [0.29, 0.717) is 11.6 Å². The Morgan fingerprint density at radius 3 is 2.45 bits per heavy atom. The molecule has 2 nitrogen and oxygen atoms in total. The van der Waals surface area contributed by atoms with Crippen molar-refractivity contribution in [2.24, 2.45) is 0 Å². The molecule has 4 heteroatoms. The molecule has 0 aliphatic heterocycles. The third-order valence-electron chi connectivity index (χ3n) is 3.23. The average Bonchev–Trinajstić information content (AvgIpc) is 2.42. The van der Waals surface area contributed by atoms with Gasteiger partial charge in [-0.15, -0.1) is 0 Å². The highest BCUT2D eigenvalue weighted by Crippen LogP contribution is 2.29. The Hall–Kier alpha value is -1.42. The number of benzene rings is 2. The molecule has 2 atom stereocenters. The number of halogens is 2. The van der Waals surface area contributed by atoms with Crippen LogP contribution in [-0.2, 0) is 0 Å². The average molecular weight is 294 g/mol.